The van der Waals surface area contributed by atoms with Gasteiger partial charge in [0.15, 0.2) is 9.66 Å². The van der Waals surface area contributed by atoms with Gasteiger partial charge in [-0.3, -0.25) is 0 Å². The normalized spacial score (nSPS) is 11.3. The zero-order valence-corrected chi connectivity index (χ0v) is 25.6. The number of hydrogen-bond acceptors (Lipinski definition) is 6. The van der Waals surface area contributed by atoms with Crippen molar-refractivity contribution in [2.45, 2.75) is 65.2 Å². The summed E-state index contributed by atoms with van der Waals surface area (Å²) in [5.41, 5.74) is 2.02. The van der Waals surface area contributed by atoms with Gasteiger partial charge in [0.05, 0.1) is 24.3 Å². The lowest BCUT2D eigenvalue weighted by Gasteiger charge is -2.11. The van der Waals surface area contributed by atoms with Crippen molar-refractivity contribution in [2.24, 2.45) is 0 Å². The van der Waals surface area contributed by atoms with Crippen LogP contribution in [-0.4, -0.2) is 23.2 Å². The van der Waals surface area contributed by atoms with Crippen LogP contribution in [0, 0.1) is 0 Å². The van der Waals surface area contributed by atoms with Crippen molar-refractivity contribution in [3.63, 3.8) is 0 Å². The highest BCUT2D eigenvalue weighted by Crippen LogP contribution is 2.42. The van der Waals surface area contributed by atoms with Gasteiger partial charge in [-0.1, -0.05) is 107 Å². The fourth-order valence-electron chi connectivity index (χ4n) is 3.88. The van der Waals surface area contributed by atoms with Gasteiger partial charge in [-0.05, 0) is 49.2 Å². The molecule has 2 aromatic carbocycles. The van der Waals surface area contributed by atoms with Crippen molar-refractivity contribution in [1.29, 1.82) is 0 Å². The standard InChI is InChI=1S/C28H32Br2N2O2S2/c1-3-5-7-9-15-33-23-13-11-19(29)17-21(23)25-31-27-28(35-25)32-26(36-27)22-18-20(30)12-14-24(22)34-16-10-8-6-4-2/h11-14,17-18H,3-10,15-16H2,1-2H3. The van der Waals surface area contributed by atoms with E-state index >= 15 is 0 Å². The van der Waals surface area contributed by atoms with E-state index in [0.717, 1.165) is 77.3 Å². The Bertz CT molecular complexity index is 1150. The number of fused-ring (bicyclic) bond motifs is 1. The molecule has 2 heterocycles. The summed E-state index contributed by atoms with van der Waals surface area (Å²) in [6, 6.07) is 12.3. The van der Waals surface area contributed by atoms with Crippen LogP contribution in [0.1, 0.15) is 65.2 Å². The van der Waals surface area contributed by atoms with Crippen LogP contribution in [0.2, 0.25) is 0 Å². The van der Waals surface area contributed by atoms with Gasteiger partial charge in [0, 0.05) is 8.95 Å². The predicted molar refractivity (Wildman–Crippen MR) is 161 cm³/mol. The van der Waals surface area contributed by atoms with Gasteiger partial charge in [-0.25, -0.2) is 9.97 Å². The van der Waals surface area contributed by atoms with Gasteiger partial charge >= 0.3 is 0 Å². The minimum absolute atomic E-state index is 0.723. The molecular formula is C28H32Br2N2O2S2. The molecule has 0 saturated heterocycles. The number of nitrogens with zero attached hydrogens (tertiary/aromatic N) is 2. The molecule has 4 nitrogen and oxygen atoms in total. The molecule has 0 atom stereocenters. The van der Waals surface area contributed by atoms with Crippen LogP contribution in [-0.2, 0) is 0 Å². The Morgan fingerprint density at radius 3 is 1.50 bits per heavy atom. The molecule has 0 unspecified atom stereocenters. The van der Waals surface area contributed by atoms with E-state index in [4.69, 9.17) is 19.4 Å². The van der Waals surface area contributed by atoms with Crippen LogP contribution < -0.4 is 9.47 Å². The second-order valence-electron chi connectivity index (χ2n) is 8.75. The summed E-state index contributed by atoms with van der Waals surface area (Å²) in [6.07, 6.45) is 9.47. The first-order chi connectivity index (χ1) is 17.6. The number of thiazole rings is 2. The quantitative estimate of drug-likeness (QED) is 0.127. The minimum atomic E-state index is 0.723. The van der Waals surface area contributed by atoms with E-state index in [1.54, 1.807) is 22.7 Å². The number of ether oxygens (including phenoxy) is 2. The predicted octanol–water partition coefficient (Wildman–Crippen LogP) is 10.5. The van der Waals surface area contributed by atoms with E-state index in [1.807, 2.05) is 24.3 Å². The first-order valence-corrected chi connectivity index (χ1v) is 15.9. The van der Waals surface area contributed by atoms with Crippen LogP contribution in [0.3, 0.4) is 0 Å². The summed E-state index contributed by atoms with van der Waals surface area (Å²) in [6.45, 7) is 5.89. The monoisotopic (exact) mass is 650 g/mol. The van der Waals surface area contributed by atoms with E-state index in [2.05, 4.69) is 57.8 Å². The third kappa shape index (κ3) is 7.30. The number of aromatic nitrogens is 2. The van der Waals surface area contributed by atoms with Crippen molar-refractivity contribution >= 4 is 64.2 Å². The SMILES string of the molecule is CCCCCCOc1ccc(Br)cc1-c1nc2sc(-c3cc(Br)ccc3OCCCCCC)nc2s1. The molecule has 4 rings (SSSR count). The van der Waals surface area contributed by atoms with E-state index in [9.17, 15) is 0 Å². The molecule has 0 aliphatic carbocycles. The molecule has 0 amide bonds. The van der Waals surface area contributed by atoms with Crippen molar-refractivity contribution < 1.29 is 9.47 Å². The molecule has 4 aromatic rings. The lowest BCUT2D eigenvalue weighted by Crippen LogP contribution is -1.99. The van der Waals surface area contributed by atoms with Crippen molar-refractivity contribution in [3.8, 4) is 32.6 Å². The van der Waals surface area contributed by atoms with Gasteiger partial charge in [-0.15, -0.1) is 0 Å². The minimum Gasteiger partial charge on any atom is -0.493 e. The second kappa shape index (κ2) is 13.9. The average molecular weight is 653 g/mol. The molecular weight excluding hydrogens is 620 g/mol. The van der Waals surface area contributed by atoms with Crippen molar-refractivity contribution in [1.82, 2.24) is 9.97 Å². The Hall–Kier alpha value is -1.48. The van der Waals surface area contributed by atoms with Gasteiger partial charge < -0.3 is 9.47 Å². The van der Waals surface area contributed by atoms with Gasteiger partial charge in [0.1, 0.15) is 21.5 Å². The highest BCUT2D eigenvalue weighted by Gasteiger charge is 2.18. The Kier molecular flexibility index (Phi) is 10.6. The van der Waals surface area contributed by atoms with Gasteiger partial charge in [0.25, 0.3) is 0 Å². The molecule has 0 bridgehead atoms. The van der Waals surface area contributed by atoms with Crippen LogP contribution in [0.25, 0.3) is 30.8 Å². The number of halogens is 2. The van der Waals surface area contributed by atoms with E-state index < -0.39 is 0 Å². The van der Waals surface area contributed by atoms with Crippen LogP contribution in [0.15, 0.2) is 45.3 Å². The Balaban J connectivity index is 1.54. The van der Waals surface area contributed by atoms with Crippen LogP contribution in [0.5, 0.6) is 11.5 Å². The van der Waals surface area contributed by atoms with Gasteiger partial charge in [0.2, 0.25) is 0 Å². The molecule has 2 aromatic heterocycles. The topological polar surface area (TPSA) is 44.2 Å². The molecule has 192 valence electrons. The summed E-state index contributed by atoms with van der Waals surface area (Å²) in [5.74, 6) is 1.75. The summed E-state index contributed by atoms with van der Waals surface area (Å²) >= 11 is 10.4. The lowest BCUT2D eigenvalue weighted by molar-refractivity contribution is 0.306. The van der Waals surface area contributed by atoms with Crippen LogP contribution in [0.4, 0.5) is 0 Å². The largest absolute Gasteiger partial charge is 0.493 e. The zero-order valence-electron chi connectivity index (χ0n) is 20.8. The van der Waals surface area contributed by atoms with E-state index in [1.165, 1.54) is 38.5 Å². The fourth-order valence-corrected chi connectivity index (χ4v) is 6.69. The van der Waals surface area contributed by atoms with Gasteiger partial charge in [-0.2, -0.15) is 0 Å². The smallest absolute Gasteiger partial charge is 0.155 e. The summed E-state index contributed by atoms with van der Waals surface area (Å²) in [5, 5.41) is 1.86. The summed E-state index contributed by atoms with van der Waals surface area (Å²) in [4.78, 5) is 11.8. The molecule has 0 radical (unpaired) electrons. The molecule has 0 aliphatic rings. The van der Waals surface area contributed by atoms with E-state index in [0.29, 0.717) is 0 Å². The molecule has 36 heavy (non-hydrogen) atoms. The molecule has 0 fully saturated rings. The van der Waals surface area contributed by atoms with Crippen molar-refractivity contribution in [2.75, 3.05) is 13.2 Å². The van der Waals surface area contributed by atoms with Crippen molar-refractivity contribution in [3.05, 3.63) is 45.3 Å². The molecule has 0 spiro atoms. The first-order valence-electron chi connectivity index (χ1n) is 12.7. The first kappa shape index (κ1) is 27.6. The zero-order chi connectivity index (χ0) is 25.3. The number of benzene rings is 2. The highest BCUT2D eigenvalue weighted by atomic mass is 79.9. The van der Waals surface area contributed by atoms with Crippen LogP contribution >= 0.6 is 54.5 Å². The Morgan fingerprint density at radius 1 is 0.639 bits per heavy atom. The van der Waals surface area contributed by atoms with E-state index in [-0.39, 0.29) is 0 Å². The highest BCUT2D eigenvalue weighted by molar-refractivity contribution is 9.10. The number of hydrogen-bond donors (Lipinski definition) is 0. The summed E-state index contributed by atoms with van der Waals surface area (Å²) in [7, 11) is 0. The molecule has 0 N–H and O–H groups in total. The average Bonchev–Trinajstić information content (AvgIpc) is 3.45. The maximum Gasteiger partial charge on any atom is 0.155 e. The number of rotatable bonds is 14. The molecule has 0 aliphatic heterocycles. The lowest BCUT2D eigenvalue weighted by atomic mass is 10.2. The number of unbranched alkanes of at least 4 members (excludes halogenated alkanes) is 6. The fraction of sp³-hybridized carbons (Fsp3) is 0.429. The molecule has 0 saturated carbocycles. The maximum absolute atomic E-state index is 6.16. The molecule has 8 heteroatoms. The third-order valence-electron chi connectivity index (χ3n) is 5.83. The second-order valence-corrected chi connectivity index (χ2v) is 12.5. The Morgan fingerprint density at radius 2 is 1.08 bits per heavy atom. The summed E-state index contributed by atoms with van der Waals surface area (Å²) < 4.78 is 14.3. The Labute approximate surface area is 238 Å². The third-order valence-corrected chi connectivity index (χ3v) is 8.91. The maximum atomic E-state index is 6.16.